The van der Waals surface area contributed by atoms with Gasteiger partial charge in [0.15, 0.2) is 0 Å². The molecule has 1 fully saturated rings. The fourth-order valence-corrected chi connectivity index (χ4v) is 1.79. The van der Waals surface area contributed by atoms with Crippen LogP contribution in [0.1, 0.15) is 33.1 Å². The van der Waals surface area contributed by atoms with Gasteiger partial charge < -0.3 is 10.4 Å². The van der Waals surface area contributed by atoms with Gasteiger partial charge in [0.05, 0.1) is 0 Å². The minimum Gasteiger partial charge on any atom is -0.480 e. The summed E-state index contributed by atoms with van der Waals surface area (Å²) < 4.78 is 0. The Labute approximate surface area is 73.2 Å². The Kier molecular flexibility index (Phi) is 2.73. The maximum atomic E-state index is 10.9. The molecule has 0 aromatic heterocycles. The van der Waals surface area contributed by atoms with Crippen molar-refractivity contribution in [3.63, 3.8) is 0 Å². The third kappa shape index (κ3) is 1.97. The van der Waals surface area contributed by atoms with E-state index in [0.29, 0.717) is 0 Å². The van der Waals surface area contributed by atoms with E-state index in [4.69, 9.17) is 5.11 Å². The highest BCUT2D eigenvalue weighted by atomic mass is 16.4. The van der Waals surface area contributed by atoms with Crippen LogP contribution < -0.4 is 5.32 Å². The van der Waals surface area contributed by atoms with E-state index in [2.05, 4.69) is 5.32 Å². The van der Waals surface area contributed by atoms with Gasteiger partial charge in [0.25, 0.3) is 0 Å². The van der Waals surface area contributed by atoms with Gasteiger partial charge in [0.1, 0.15) is 6.04 Å². The Balaban J connectivity index is 2.71. The summed E-state index contributed by atoms with van der Waals surface area (Å²) in [5.41, 5.74) is -0.109. The Morgan fingerprint density at radius 2 is 2.17 bits per heavy atom. The molecule has 2 N–H and O–H groups in total. The van der Waals surface area contributed by atoms with Crippen molar-refractivity contribution in [2.45, 2.75) is 39.2 Å². The van der Waals surface area contributed by atoms with Crippen molar-refractivity contribution in [3.05, 3.63) is 0 Å². The number of aliphatic carboxylic acids is 1. The molecule has 0 radical (unpaired) electrons. The standard InChI is InChI=1S/C9H17NO2/c1-9(2)5-3-4-6-10-7(9)8(11)12/h7,10H,3-6H2,1-2H3,(H,11,12). The number of nitrogens with one attached hydrogen (secondary N) is 1. The van der Waals surface area contributed by atoms with Crippen LogP contribution in [0, 0.1) is 5.41 Å². The van der Waals surface area contributed by atoms with Crippen LogP contribution >= 0.6 is 0 Å². The van der Waals surface area contributed by atoms with Crippen LogP contribution in [0.25, 0.3) is 0 Å². The lowest BCUT2D eigenvalue weighted by molar-refractivity contribution is -0.142. The summed E-state index contributed by atoms with van der Waals surface area (Å²) in [5.74, 6) is -0.720. The van der Waals surface area contributed by atoms with Crippen molar-refractivity contribution >= 4 is 5.97 Å². The van der Waals surface area contributed by atoms with E-state index < -0.39 is 5.97 Å². The number of carboxylic acids is 1. The van der Waals surface area contributed by atoms with Crippen LogP contribution in [-0.2, 0) is 4.79 Å². The van der Waals surface area contributed by atoms with Gasteiger partial charge in [0.2, 0.25) is 0 Å². The lowest BCUT2D eigenvalue weighted by Crippen LogP contribution is -2.46. The predicted molar refractivity (Wildman–Crippen MR) is 47.1 cm³/mol. The molecular formula is C9H17NO2. The van der Waals surface area contributed by atoms with E-state index in [1.165, 1.54) is 0 Å². The molecule has 0 aromatic carbocycles. The molecule has 1 atom stereocenters. The molecule has 1 rings (SSSR count). The second-order valence-electron chi connectivity index (χ2n) is 4.17. The van der Waals surface area contributed by atoms with Gasteiger partial charge in [-0.05, 0) is 24.8 Å². The zero-order valence-corrected chi connectivity index (χ0v) is 7.76. The summed E-state index contributed by atoms with van der Waals surface area (Å²) in [6.45, 7) is 4.87. The molecule has 0 amide bonds. The van der Waals surface area contributed by atoms with E-state index >= 15 is 0 Å². The molecule has 3 heteroatoms. The van der Waals surface area contributed by atoms with Gasteiger partial charge in [-0.2, -0.15) is 0 Å². The van der Waals surface area contributed by atoms with Crippen molar-refractivity contribution < 1.29 is 9.90 Å². The molecule has 0 spiro atoms. The van der Waals surface area contributed by atoms with Crippen LogP contribution in [0.4, 0.5) is 0 Å². The fraction of sp³-hybridized carbons (Fsp3) is 0.889. The van der Waals surface area contributed by atoms with E-state index in [0.717, 1.165) is 25.8 Å². The molecule has 0 bridgehead atoms. The maximum absolute atomic E-state index is 10.9. The van der Waals surface area contributed by atoms with Gasteiger partial charge in [-0.1, -0.05) is 20.3 Å². The third-order valence-electron chi connectivity index (χ3n) is 2.62. The molecule has 12 heavy (non-hydrogen) atoms. The summed E-state index contributed by atoms with van der Waals surface area (Å²) in [6, 6.07) is -0.375. The minimum atomic E-state index is -0.720. The highest BCUT2D eigenvalue weighted by molar-refractivity contribution is 5.74. The number of rotatable bonds is 1. The van der Waals surface area contributed by atoms with Crippen molar-refractivity contribution in [2.24, 2.45) is 5.41 Å². The molecule has 3 nitrogen and oxygen atoms in total. The van der Waals surface area contributed by atoms with Crippen LogP contribution in [0.2, 0.25) is 0 Å². The first-order valence-corrected chi connectivity index (χ1v) is 4.50. The number of carbonyl (C=O) groups is 1. The average Bonchev–Trinajstić information content (AvgIpc) is 2.09. The quantitative estimate of drug-likeness (QED) is 0.624. The van der Waals surface area contributed by atoms with Gasteiger partial charge in [-0.3, -0.25) is 4.79 Å². The van der Waals surface area contributed by atoms with Crippen LogP contribution in [0.5, 0.6) is 0 Å². The lowest BCUT2D eigenvalue weighted by atomic mass is 9.81. The molecule has 1 unspecified atom stereocenters. The third-order valence-corrected chi connectivity index (χ3v) is 2.62. The number of hydrogen-bond donors (Lipinski definition) is 2. The summed E-state index contributed by atoms with van der Waals surface area (Å²) in [5, 5.41) is 12.0. The molecule has 70 valence electrons. The first-order valence-electron chi connectivity index (χ1n) is 4.50. The zero-order chi connectivity index (χ0) is 9.19. The van der Waals surface area contributed by atoms with Crippen molar-refractivity contribution in [1.82, 2.24) is 5.32 Å². The SMILES string of the molecule is CC1(C)CCCCNC1C(=O)O. The second-order valence-corrected chi connectivity index (χ2v) is 4.17. The normalized spacial score (nSPS) is 29.3. The topological polar surface area (TPSA) is 49.3 Å². The number of hydrogen-bond acceptors (Lipinski definition) is 2. The highest BCUT2D eigenvalue weighted by Gasteiger charge is 2.35. The van der Waals surface area contributed by atoms with Crippen LogP contribution in [0.15, 0.2) is 0 Å². The van der Waals surface area contributed by atoms with Gasteiger partial charge in [-0.15, -0.1) is 0 Å². The van der Waals surface area contributed by atoms with Gasteiger partial charge in [0, 0.05) is 0 Å². The minimum absolute atomic E-state index is 0.109. The van der Waals surface area contributed by atoms with Crippen molar-refractivity contribution in [3.8, 4) is 0 Å². The molecule has 0 aromatic rings. The Morgan fingerprint density at radius 3 is 2.75 bits per heavy atom. The summed E-state index contributed by atoms with van der Waals surface area (Å²) in [7, 11) is 0. The van der Waals surface area contributed by atoms with E-state index in [1.807, 2.05) is 13.8 Å². The fourth-order valence-electron chi connectivity index (χ4n) is 1.79. The lowest BCUT2D eigenvalue weighted by Gasteiger charge is -2.29. The maximum Gasteiger partial charge on any atom is 0.321 e. The van der Waals surface area contributed by atoms with Crippen molar-refractivity contribution in [2.75, 3.05) is 6.54 Å². The summed E-state index contributed by atoms with van der Waals surface area (Å²) in [6.07, 6.45) is 3.22. The van der Waals surface area contributed by atoms with Gasteiger partial charge >= 0.3 is 5.97 Å². The Morgan fingerprint density at radius 1 is 1.50 bits per heavy atom. The average molecular weight is 171 g/mol. The Hall–Kier alpha value is -0.570. The molecule has 0 aliphatic carbocycles. The molecule has 1 aliphatic heterocycles. The monoisotopic (exact) mass is 171 g/mol. The molecular weight excluding hydrogens is 154 g/mol. The molecule has 1 aliphatic rings. The first-order chi connectivity index (χ1) is 5.54. The second kappa shape index (κ2) is 3.44. The summed E-state index contributed by atoms with van der Waals surface area (Å²) in [4.78, 5) is 10.9. The molecule has 1 heterocycles. The smallest absolute Gasteiger partial charge is 0.321 e. The molecule has 1 saturated heterocycles. The van der Waals surface area contributed by atoms with Gasteiger partial charge in [-0.25, -0.2) is 0 Å². The first kappa shape index (κ1) is 9.52. The van der Waals surface area contributed by atoms with Crippen LogP contribution in [-0.4, -0.2) is 23.7 Å². The zero-order valence-electron chi connectivity index (χ0n) is 7.76. The van der Waals surface area contributed by atoms with E-state index in [9.17, 15) is 4.79 Å². The van der Waals surface area contributed by atoms with E-state index in [1.54, 1.807) is 0 Å². The molecule has 0 saturated carbocycles. The number of carboxylic acid groups (broad SMARTS) is 1. The van der Waals surface area contributed by atoms with Crippen LogP contribution in [0.3, 0.4) is 0 Å². The van der Waals surface area contributed by atoms with E-state index in [-0.39, 0.29) is 11.5 Å². The largest absolute Gasteiger partial charge is 0.480 e. The highest BCUT2D eigenvalue weighted by Crippen LogP contribution is 2.29. The predicted octanol–water partition coefficient (Wildman–Crippen LogP) is 1.24. The summed E-state index contributed by atoms with van der Waals surface area (Å²) >= 11 is 0. The van der Waals surface area contributed by atoms with Crippen molar-refractivity contribution in [1.29, 1.82) is 0 Å². The Bertz CT molecular complexity index is 177.